The Hall–Kier alpha value is -3.55. The van der Waals surface area contributed by atoms with Gasteiger partial charge in [0.2, 0.25) is 5.82 Å². The third-order valence-electron chi connectivity index (χ3n) is 3.98. The molecule has 0 unspecified atom stereocenters. The van der Waals surface area contributed by atoms with Crippen LogP contribution in [0.25, 0.3) is 11.4 Å². The summed E-state index contributed by atoms with van der Waals surface area (Å²) in [7, 11) is 4.51. The van der Waals surface area contributed by atoms with Gasteiger partial charge in [0.25, 0.3) is 5.89 Å². The maximum Gasteiger partial charge on any atom is 0.309 e. The van der Waals surface area contributed by atoms with Crippen molar-refractivity contribution in [3.63, 3.8) is 0 Å². The smallest absolute Gasteiger partial charge is 0.309 e. The van der Waals surface area contributed by atoms with Gasteiger partial charge in [-0.05, 0) is 29.8 Å². The van der Waals surface area contributed by atoms with Gasteiger partial charge in [-0.15, -0.1) is 0 Å². The summed E-state index contributed by atoms with van der Waals surface area (Å²) in [5, 5.41) is 3.98. The quantitative estimate of drug-likeness (QED) is 0.547. The van der Waals surface area contributed by atoms with Crippen LogP contribution in [-0.4, -0.2) is 37.4 Å². The van der Waals surface area contributed by atoms with Gasteiger partial charge < -0.3 is 23.5 Å². The topological polar surface area (TPSA) is 92.9 Å². The van der Waals surface area contributed by atoms with Crippen molar-refractivity contribution >= 4 is 5.97 Å². The van der Waals surface area contributed by atoms with Crippen molar-refractivity contribution in [2.24, 2.45) is 0 Å². The van der Waals surface area contributed by atoms with Crippen molar-refractivity contribution in [3.8, 4) is 28.6 Å². The number of rotatable bonds is 8. The average Bonchev–Trinajstić information content (AvgIpc) is 3.21. The zero-order valence-corrected chi connectivity index (χ0v) is 15.8. The van der Waals surface area contributed by atoms with E-state index in [9.17, 15) is 4.79 Å². The number of aromatic nitrogens is 2. The van der Waals surface area contributed by atoms with Crippen LogP contribution in [0.2, 0.25) is 0 Å². The molecule has 0 saturated heterocycles. The molecule has 8 nitrogen and oxygen atoms in total. The predicted molar refractivity (Wildman–Crippen MR) is 99.3 cm³/mol. The minimum Gasteiger partial charge on any atom is -0.497 e. The molecule has 3 aromatic rings. The van der Waals surface area contributed by atoms with Gasteiger partial charge in [-0.3, -0.25) is 4.79 Å². The Kier molecular flexibility index (Phi) is 6.11. The summed E-state index contributed by atoms with van der Waals surface area (Å²) in [6.45, 7) is 0.113. The zero-order chi connectivity index (χ0) is 19.9. The van der Waals surface area contributed by atoms with Crippen molar-refractivity contribution in [1.29, 1.82) is 0 Å². The molecule has 1 aromatic heterocycles. The van der Waals surface area contributed by atoms with E-state index in [2.05, 4.69) is 14.9 Å². The van der Waals surface area contributed by atoms with Crippen LogP contribution in [0.15, 0.2) is 47.0 Å². The van der Waals surface area contributed by atoms with E-state index in [0.29, 0.717) is 34.5 Å². The molecule has 8 heteroatoms. The summed E-state index contributed by atoms with van der Waals surface area (Å²) in [6, 6.07) is 12.5. The molecule has 28 heavy (non-hydrogen) atoms. The highest BCUT2D eigenvalue weighted by molar-refractivity contribution is 5.72. The highest BCUT2D eigenvalue weighted by Gasteiger charge is 2.14. The van der Waals surface area contributed by atoms with Crippen LogP contribution in [-0.2, 0) is 22.6 Å². The first-order chi connectivity index (χ1) is 13.6. The minimum absolute atomic E-state index is 0.113. The van der Waals surface area contributed by atoms with E-state index >= 15 is 0 Å². The first kappa shape index (κ1) is 19.2. The van der Waals surface area contributed by atoms with Crippen molar-refractivity contribution in [2.45, 2.75) is 13.0 Å². The highest BCUT2D eigenvalue weighted by Crippen LogP contribution is 2.31. The van der Waals surface area contributed by atoms with Gasteiger partial charge >= 0.3 is 5.97 Å². The lowest BCUT2D eigenvalue weighted by molar-refractivity contribution is -0.139. The molecule has 0 amide bonds. The second kappa shape index (κ2) is 8.90. The van der Waals surface area contributed by atoms with E-state index in [-0.39, 0.29) is 19.0 Å². The number of methoxy groups -OCH3 is 3. The second-order valence-electron chi connectivity index (χ2n) is 5.76. The first-order valence-electron chi connectivity index (χ1n) is 8.46. The number of hydrogen-bond donors (Lipinski definition) is 0. The maximum absolute atomic E-state index is 11.3. The third kappa shape index (κ3) is 4.59. The van der Waals surface area contributed by atoms with Crippen LogP contribution >= 0.6 is 0 Å². The van der Waals surface area contributed by atoms with Gasteiger partial charge in [-0.2, -0.15) is 4.98 Å². The number of benzene rings is 2. The fourth-order valence-corrected chi connectivity index (χ4v) is 2.49. The van der Waals surface area contributed by atoms with Gasteiger partial charge in [0.15, 0.2) is 6.61 Å². The molecule has 1 heterocycles. The number of esters is 1. The van der Waals surface area contributed by atoms with Crippen LogP contribution in [0, 0.1) is 0 Å². The van der Waals surface area contributed by atoms with E-state index in [1.165, 1.54) is 7.11 Å². The molecule has 0 bridgehead atoms. The number of carbonyl (C=O) groups is 1. The largest absolute Gasteiger partial charge is 0.497 e. The molecule has 2 aromatic carbocycles. The van der Waals surface area contributed by atoms with Crippen LogP contribution in [0.3, 0.4) is 0 Å². The molecule has 0 aliphatic rings. The molecular formula is C20H20N2O6. The molecule has 146 valence electrons. The summed E-state index contributed by atoms with van der Waals surface area (Å²) in [5.74, 6) is 2.30. The molecule has 0 radical (unpaired) electrons. The van der Waals surface area contributed by atoms with E-state index in [1.807, 2.05) is 0 Å². The maximum atomic E-state index is 11.3. The van der Waals surface area contributed by atoms with E-state index in [1.54, 1.807) is 56.7 Å². The Balaban J connectivity index is 1.64. The number of ether oxygens (including phenoxy) is 4. The van der Waals surface area contributed by atoms with Gasteiger partial charge in [0.1, 0.15) is 17.2 Å². The third-order valence-corrected chi connectivity index (χ3v) is 3.98. The molecule has 0 N–H and O–H groups in total. The van der Waals surface area contributed by atoms with Gasteiger partial charge in [0.05, 0.1) is 33.3 Å². The predicted octanol–water partition coefficient (Wildman–Crippen LogP) is 3.05. The van der Waals surface area contributed by atoms with E-state index in [4.69, 9.17) is 18.7 Å². The van der Waals surface area contributed by atoms with Crippen LogP contribution < -0.4 is 14.2 Å². The summed E-state index contributed by atoms with van der Waals surface area (Å²) >= 11 is 0. The Bertz CT molecular complexity index is 936. The summed E-state index contributed by atoms with van der Waals surface area (Å²) < 4.78 is 26.1. The van der Waals surface area contributed by atoms with E-state index < -0.39 is 0 Å². The van der Waals surface area contributed by atoms with Crippen molar-refractivity contribution in [1.82, 2.24) is 10.1 Å². The number of carbonyl (C=O) groups excluding carboxylic acids is 1. The first-order valence-corrected chi connectivity index (χ1v) is 8.46. The fourth-order valence-electron chi connectivity index (χ4n) is 2.49. The summed E-state index contributed by atoms with van der Waals surface area (Å²) in [4.78, 5) is 15.6. The molecule has 0 aliphatic carbocycles. The summed E-state index contributed by atoms with van der Waals surface area (Å²) in [5.41, 5.74) is 1.52. The minimum atomic E-state index is -0.291. The Morgan fingerprint density at radius 2 is 1.75 bits per heavy atom. The van der Waals surface area contributed by atoms with Crippen LogP contribution in [0.4, 0.5) is 0 Å². The lowest BCUT2D eigenvalue weighted by Gasteiger charge is -2.07. The Morgan fingerprint density at radius 1 is 1.00 bits per heavy atom. The normalized spacial score (nSPS) is 10.4. The standard InChI is InChI=1S/C20H20N2O6/c1-24-15-8-9-16(17(11-15)25-2)20-21-18(28-22-20)12-27-14-6-4-13(5-7-14)10-19(23)26-3/h4-9,11H,10,12H2,1-3H3. The monoisotopic (exact) mass is 384 g/mol. The van der Waals surface area contributed by atoms with Crippen molar-refractivity contribution in [3.05, 3.63) is 53.9 Å². The molecule has 0 saturated carbocycles. The van der Waals surface area contributed by atoms with E-state index in [0.717, 1.165) is 5.56 Å². The SMILES string of the molecule is COC(=O)Cc1ccc(OCc2nc(-c3ccc(OC)cc3OC)no2)cc1. The Labute approximate surface area is 162 Å². The lowest BCUT2D eigenvalue weighted by atomic mass is 10.1. The van der Waals surface area contributed by atoms with Gasteiger partial charge in [-0.1, -0.05) is 17.3 Å². The van der Waals surface area contributed by atoms with Gasteiger partial charge in [0, 0.05) is 6.07 Å². The second-order valence-corrected chi connectivity index (χ2v) is 5.76. The highest BCUT2D eigenvalue weighted by atomic mass is 16.5. The Morgan fingerprint density at radius 3 is 2.43 bits per heavy atom. The lowest BCUT2D eigenvalue weighted by Crippen LogP contribution is -2.04. The number of hydrogen-bond acceptors (Lipinski definition) is 8. The van der Waals surface area contributed by atoms with Crippen LogP contribution in [0.5, 0.6) is 17.2 Å². The van der Waals surface area contributed by atoms with Crippen molar-refractivity contribution < 1.29 is 28.3 Å². The zero-order valence-electron chi connectivity index (χ0n) is 15.8. The molecular weight excluding hydrogens is 364 g/mol. The molecule has 0 spiro atoms. The fraction of sp³-hybridized carbons (Fsp3) is 0.250. The molecule has 0 atom stereocenters. The molecule has 0 aliphatic heterocycles. The van der Waals surface area contributed by atoms with Crippen LogP contribution in [0.1, 0.15) is 11.5 Å². The van der Waals surface area contributed by atoms with Crippen molar-refractivity contribution in [2.75, 3.05) is 21.3 Å². The molecule has 3 rings (SSSR count). The summed E-state index contributed by atoms with van der Waals surface area (Å²) in [6.07, 6.45) is 0.216. The van der Waals surface area contributed by atoms with Gasteiger partial charge in [-0.25, -0.2) is 0 Å². The molecule has 0 fully saturated rings. The average molecular weight is 384 g/mol. The number of nitrogens with zero attached hydrogens (tertiary/aromatic N) is 2.